The number of carbonyl (C=O) groups excluding carboxylic acids is 2. The van der Waals surface area contributed by atoms with Crippen LogP contribution in [0.4, 0.5) is 19.3 Å². The van der Waals surface area contributed by atoms with Gasteiger partial charge < -0.3 is 0 Å². The van der Waals surface area contributed by atoms with Crippen LogP contribution in [0, 0.1) is 11.6 Å². The highest BCUT2D eigenvalue weighted by Gasteiger charge is 2.10. The smallest absolute Gasteiger partial charge is 0.294 e. The van der Waals surface area contributed by atoms with Crippen molar-refractivity contribution in [2.24, 2.45) is 0 Å². The van der Waals surface area contributed by atoms with E-state index < -0.39 is 23.6 Å². The molecule has 0 saturated heterocycles. The van der Waals surface area contributed by atoms with Gasteiger partial charge in [0, 0.05) is 11.6 Å². The zero-order chi connectivity index (χ0) is 15.2. The quantitative estimate of drug-likeness (QED) is 0.761. The van der Waals surface area contributed by atoms with Gasteiger partial charge in [-0.3, -0.25) is 21.0 Å². The van der Waals surface area contributed by atoms with Gasteiger partial charge in [-0.25, -0.2) is 13.6 Å². The fourth-order valence-corrected chi connectivity index (χ4v) is 1.51. The number of nitrogens with one attached hydrogen (secondary N) is 3. The lowest BCUT2D eigenvalue weighted by atomic mass is 10.2. The molecular weight excluding hydrogens is 280 g/mol. The van der Waals surface area contributed by atoms with Gasteiger partial charge in [0.2, 0.25) is 0 Å². The fraction of sp³-hybridized carbons (Fsp3) is 0. The minimum absolute atomic E-state index is 0.126. The van der Waals surface area contributed by atoms with Crippen molar-refractivity contribution < 1.29 is 18.4 Å². The highest BCUT2D eigenvalue weighted by atomic mass is 19.1. The Labute approximate surface area is 118 Å². The summed E-state index contributed by atoms with van der Waals surface area (Å²) in [5.41, 5.74) is 4.50. The van der Waals surface area contributed by atoms with Gasteiger partial charge in [0.15, 0.2) is 5.82 Å². The first-order valence-electron chi connectivity index (χ1n) is 5.93. The van der Waals surface area contributed by atoms with E-state index in [2.05, 4.69) is 10.9 Å². The molecule has 0 atom stereocenters. The van der Waals surface area contributed by atoms with Crippen LogP contribution in [0.15, 0.2) is 48.5 Å². The van der Waals surface area contributed by atoms with Crippen molar-refractivity contribution in [3.63, 3.8) is 0 Å². The SMILES string of the molecule is O=C(NNc1ccc(F)cc1F)NC(=O)c1ccccc1. The van der Waals surface area contributed by atoms with Gasteiger partial charge in [-0.05, 0) is 24.3 Å². The Morgan fingerprint density at radius 3 is 2.33 bits per heavy atom. The zero-order valence-electron chi connectivity index (χ0n) is 10.7. The summed E-state index contributed by atoms with van der Waals surface area (Å²) < 4.78 is 26.0. The second-order valence-electron chi connectivity index (χ2n) is 4.02. The predicted molar refractivity (Wildman–Crippen MR) is 72.4 cm³/mol. The van der Waals surface area contributed by atoms with Gasteiger partial charge in [0.05, 0.1) is 5.69 Å². The minimum Gasteiger partial charge on any atom is -0.294 e. The first-order chi connectivity index (χ1) is 10.1. The van der Waals surface area contributed by atoms with E-state index in [1.807, 2.05) is 5.32 Å². The van der Waals surface area contributed by atoms with Gasteiger partial charge in [0.25, 0.3) is 5.91 Å². The molecule has 3 amide bonds. The van der Waals surface area contributed by atoms with Crippen LogP contribution in [0.3, 0.4) is 0 Å². The summed E-state index contributed by atoms with van der Waals surface area (Å²) >= 11 is 0. The Morgan fingerprint density at radius 2 is 1.67 bits per heavy atom. The standard InChI is InChI=1S/C14H11F2N3O2/c15-10-6-7-12(11(16)8-10)18-19-14(21)17-13(20)9-4-2-1-3-5-9/h1-8,18H,(H2,17,19,20,21). The number of anilines is 1. The average Bonchev–Trinajstić information content (AvgIpc) is 2.47. The van der Waals surface area contributed by atoms with E-state index in [4.69, 9.17) is 0 Å². The lowest BCUT2D eigenvalue weighted by Crippen LogP contribution is -2.42. The molecule has 0 aromatic heterocycles. The maximum atomic E-state index is 13.3. The van der Waals surface area contributed by atoms with Crippen LogP contribution in [0.5, 0.6) is 0 Å². The molecule has 0 bridgehead atoms. The number of benzene rings is 2. The number of hydrogen-bond acceptors (Lipinski definition) is 3. The number of amides is 3. The Morgan fingerprint density at radius 1 is 0.952 bits per heavy atom. The van der Waals surface area contributed by atoms with Crippen LogP contribution in [0.25, 0.3) is 0 Å². The Balaban J connectivity index is 1.89. The van der Waals surface area contributed by atoms with Gasteiger partial charge in [-0.15, -0.1) is 0 Å². The molecule has 0 heterocycles. The van der Waals surface area contributed by atoms with Crippen LogP contribution in [-0.4, -0.2) is 11.9 Å². The molecule has 7 heteroatoms. The van der Waals surface area contributed by atoms with E-state index in [-0.39, 0.29) is 5.69 Å². The zero-order valence-corrected chi connectivity index (χ0v) is 10.7. The van der Waals surface area contributed by atoms with Crippen LogP contribution in [-0.2, 0) is 0 Å². The third-order valence-electron chi connectivity index (χ3n) is 2.50. The molecule has 5 nitrogen and oxygen atoms in total. The monoisotopic (exact) mass is 291 g/mol. The van der Waals surface area contributed by atoms with Crippen molar-refractivity contribution in [3.8, 4) is 0 Å². The van der Waals surface area contributed by atoms with Crippen molar-refractivity contribution in [2.45, 2.75) is 0 Å². The third kappa shape index (κ3) is 4.00. The molecule has 108 valence electrons. The van der Waals surface area contributed by atoms with E-state index >= 15 is 0 Å². The van der Waals surface area contributed by atoms with E-state index in [0.717, 1.165) is 12.1 Å². The maximum absolute atomic E-state index is 13.3. The second kappa shape index (κ2) is 6.47. The van der Waals surface area contributed by atoms with Crippen molar-refractivity contribution in [3.05, 3.63) is 65.7 Å². The minimum atomic E-state index is -0.871. The first-order valence-corrected chi connectivity index (χ1v) is 5.93. The van der Waals surface area contributed by atoms with Gasteiger partial charge >= 0.3 is 6.03 Å². The van der Waals surface area contributed by atoms with Crippen LogP contribution >= 0.6 is 0 Å². The summed E-state index contributed by atoms with van der Waals surface area (Å²) in [6.07, 6.45) is 0. The highest BCUT2D eigenvalue weighted by molar-refractivity contribution is 6.04. The van der Waals surface area contributed by atoms with Gasteiger partial charge in [-0.1, -0.05) is 18.2 Å². The molecule has 0 unspecified atom stereocenters. The number of hydrazine groups is 1. The number of imide groups is 1. The van der Waals surface area contributed by atoms with E-state index in [9.17, 15) is 18.4 Å². The average molecular weight is 291 g/mol. The molecule has 21 heavy (non-hydrogen) atoms. The van der Waals surface area contributed by atoms with E-state index in [1.54, 1.807) is 18.2 Å². The molecule has 0 spiro atoms. The van der Waals surface area contributed by atoms with Crippen molar-refractivity contribution in [1.29, 1.82) is 0 Å². The number of rotatable bonds is 3. The van der Waals surface area contributed by atoms with Gasteiger partial charge in [0.1, 0.15) is 5.82 Å². The number of halogens is 2. The normalized spacial score (nSPS) is 9.81. The number of hydrogen-bond donors (Lipinski definition) is 3. The van der Waals surface area contributed by atoms with Gasteiger partial charge in [-0.2, -0.15) is 0 Å². The maximum Gasteiger partial charge on any atom is 0.340 e. The molecule has 2 rings (SSSR count). The summed E-state index contributed by atoms with van der Waals surface area (Å²) in [6, 6.07) is 10.0. The predicted octanol–water partition coefficient (Wildman–Crippen LogP) is 2.43. The van der Waals surface area contributed by atoms with Crippen molar-refractivity contribution in [2.75, 3.05) is 5.43 Å². The molecule has 0 aliphatic carbocycles. The summed E-state index contributed by atoms with van der Waals surface area (Å²) in [6.45, 7) is 0. The molecule has 0 fully saturated rings. The second-order valence-corrected chi connectivity index (χ2v) is 4.02. The summed E-state index contributed by atoms with van der Waals surface area (Å²) in [5.74, 6) is -2.21. The van der Waals surface area contributed by atoms with Crippen LogP contribution in [0.2, 0.25) is 0 Å². The molecule has 2 aromatic carbocycles. The van der Waals surface area contributed by atoms with E-state index in [1.165, 1.54) is 12.1 Å². The van der Waals surface area contributed by atoms with Crippen molar-refractivity contribution >= 4 is 17.6 Å². The molecule has 3 N–H and O–H groups in total. The molecule has 2 aromatic rings. The van der Waals surface area contributed by atoms with Crippen LogP contribution in [0.1, 0.15) is 10.4 Å². The number of urea groups is 1. The lowest BCUT2D eigenvalue weighted by Gasteiger charge is -2.10. The summed E-state index contributed by atoms with van der Waals surface area (Å²) in [5, 5.41) is 2.05. The van der Waals surface area contributed by atoms with Crippen molar-refractivity contribution in [1.82, 2.24) is 10.7 Å². The highest BCUT2D eigenvalue weighted by Crippen LogP contribution is 2.13. The molecule has 0 saturated carbocycles. The summed E-state index contributed by atoms with van der Waals surface area (Å²) in [7, 11) is 0. The molecule has 0 aliphatic rings. The number of carbonyl (C=O) groups is 2. The first kappa shape index (κ1) is 14.4. The lowest BCUT2D eigenvalue weighted by molar-refractivity contribution is 0.0964. The van der Waals surface area contributed by atoms with Crippen LogP contribution < -0.4 is 16.2 Å². The Bertz CT molecular complexity index is 663. The summed E-state index contributed by atoms with van der Waals surface area (Å²) in [4.78, 5) is 23.1. The Kier molecular flexibility index (Phi) is 4.45. The van der Waals surface area contributed by atoms with E-state index in [0.29, 0.717) is 11.6 Å². The third-order valence-corrected chi connectivity index (χ3v) is 2.50. The Hall–Kier alpha value is -2.96. The fourth-order valence-electron chi connectivity index (χ4n) is 1.51. The molecular formula is C14H11F2N3O2. The topological polar surface area (TPSA) is 70.2 Å². The largest absolute Gasteiger partial charge is 0.340 e. The molecule has 0 radical (unpaired) electrons. The molecule has 0 aliphatic heterocycles.